The van der Waals surface area contributed by atoms with Gasteiger partial charge in [0.1, 0.15) is 23.2 Å². The summed E-state index contributed by atoms with van der Waals surface area (Å²) >= 11 is 0. The number of fused-ring (bicyclic) bond motifs is 1. The summed E-state index contributed by atoms with van der Waals surface area (Å²) in [4.78, 5) is 4.53. The van der Waals surface area contributed by atoms with Gasteiger partial charge in [0.15, 0.2) is 0 Å². The minimum absolute atomic E-state index is 0.619. The van der Waals surface area contributed by atoms with Crippen LogP contribution in [-0.2, 0) is 7.05 Å². The van der Waals surface area contributed by atoms with E-state index in [1.54, 1.807) is 6.20 Å². The Bertz CT molecular complexity index is 1090. The SMILES string of the molecule is Cn1cc(C#N)c2cc(-c3ccccc3Oc3ccccc3)cnc21. The number of hydrogen-bond acceptors (Lipinski definition) is 3. The zero-order chi connectivity index (χ0) is 17.2. The van der Waals surface area contributed by atoms with Gasteiger partial charge in [-0.05, 0) is 24.3 Å². The van der Waals surface area contributed by atoms with E-state index in [1.807, 2.05) is 78.5 Å². The van der Waals surface area contributed by atoms with E-state index in [9.17, 15) is 5.26 Å². The fourth-order valence-electron chi connectivity index (χ4n) is 2.91. The van der Waals surface area contributed by atoms with Crippen LogP contribution in [0.15, 0.2) is 73.1 Å². The van der Waals surface area contributed by atoms with Crippen LogP contribution in [-0.4, -0.2) is 9.55 Å². The van der Waals surface area contributed by atoms with Gasteiger partial charge in [-0.1, -0.05) is 36.4 Å². The Morgan fingerprint density at radius 2 is 1.80 bits per heavy atom. The molecule has 0 N–H and O–H groups in total. The van der Waals surface area contributed by atoms with E-state index in [0.29, 0.717) is 5.56 Å². The molecule has 4 aromatic rings. The molecule has 0 unspecified atom stereocenters. The summed E-state index contributed by atoms with van der Waals surface area (Å²) < 4.78 is 7.90. The van der Waals surface area contributed by atoms with Crippen LogP contribution in [0.25, 0.3) is 22.2 Å². The molecule has 0 aliphatic heterocycles. The molecule has 0 spiro atoms. The van der Waals surface area contributed by atoms with Crippen LogP contribution in [0.2, 0.25) is 0 Å². The number of nitrogens with zero attached hydrogens (tertiary/aromatic N) is 3. The maximum atomic E-state index is 9.34. The molecule has 4 nitrogen and oxygen atoms in total. The highest BCUT2D eigenvalue weighted by Gasteiger charge is 2.12. The van der Waals surface area contributed by atoms with Crippen molar-refractivity contribution in [1.29, 1.82) is 5.26 Å². The molecule has 25 heavy (non-hydrogen) atoms. The van der Waals surface area contributed by atoms with Crippen molar-refractivity contribution in [3.63, 3.8) is 0 Å². The smallest absolute Gasteiger partial charge is 0.140 e. The first kappa shape index (κ1) is 15.0. The summed E-state index contributed by atoms with van der Waals surface area (Å²) in [5.41, 5.74) is 3.27. The molecule has 0 fully saturated rings. The number of pyridine rings is 1. The van der Waals surface area contributed by atoms with Crippen molar-refractivity contribution in [2.24, 2.45) is 7.05 Å². The van der Waals surface area contributed by atoms with Crippen molar-refractivity contribution in [2.45, 2.75) is 0 Å². The number of benzene rings is 2. The molecule has 2 aromatic heterocycles. The van der Waals surface area contributed by atoms with E-state index >= 15 is 0 Å². The predicted molar refractivity (Wildman–Crippen MR) is 97.4 cm³/mol. The van der Waals surface area contributed by atoms with Gasteiger partial charge in [-0.2, -0.15) is 5.26 Å². The summed E-state index contributed by atoms with van der Waals surface area (Å²) in [5, 5.41) is 10.2. The topological polar surface area (TPSA) is 50.8 Å². The average Bonchev–Trinajstić information content (AvgIpc) is 2.98. The molecule has 4 heteroatoms. The molecule has 0 amide bonds. The normalized spacial score (nSPS) is 10.6. The van der Waals surface area contributed by atoms with Gasteiger partial charge < -0.3 is 9.30 Å². The summed E-state index contributed by atoms with van der Waals surface area (Å²) in [6.07, 6.45) is 3.62. The summed E-state index contributed by atoms with van der Waals surface area (Å²) in [5.74, 6) is 1.53. The lowest BCUT2D eigenvalue weighted by molar-refractivity contribution is 0.484. The van der Waals surface area contributed by atoms with Crippen molar-refractivity contribution in [2.75, 3.05) is 0 Å². The molecule has 0 bridgehead atoms. The lowest BCUT2D eigenvalue weighted by atomic mass is 10.0. The van der Waals surface area contributed by atoms with E-state index in [1.165, 1.54) is 0 Å². The molecule has 2 heterocycles. The number of aryl methyl sites for hydroxylation is 1. The van der Waals surface area contributed by atoms with E-state index in [2.05, 4.69) is 11.1 Å². The quantitative estimate of drug-likeness (QED) is 0.538. The first-order valence-corrected chi connectivity index (χ1v) is 7.94. The van der Waals surface area contributed by atoms with E-state index in [4.69, 9.17) is 4.74 Å². The van der Waals surface area contributed by atoms with Crippen molar-refractivity contribution in [3.05, 3.63) is 78.6 Å². The van der Waals surface area contributed by atoms with Gasteiger partial charge in [-0.25, -0.2) is 4.98 Å². The second kappa shape index (κ2) is 6.14. The van der Waals surface area contributed by atoms with Crippen molar-refractivity contribution < 1.29 is 4.74 Å². The van der Waals surface area contributed by atoms with Crippen LogP contribution in [0, 0.1) is 11.3 Å². The van der Waals surface area contributed by atoms with E-state index in [-0.39, 0.29) is 0 Å². The monoisotopic (exact) mass is 325 g/mol. The third kappa shape index (κ3) is 2.73. The van der Waals surface area contributed by atoms with Gasteiger partial charge in [0, 0.05) is 36.0 Å². The van der Waals surface area contributed by atoms with Crippen LogP contribution in [0.1, 0.15) is 5.56 Å². The minimum atomic E-state index is 0.619. The first-order chi connectivity index (χ1) is 12.3. The number of aromatic nitrogens is 2. The third-order valence-electron chi connectivity index (χ3n) is 4.10. The molecule has 120 valence electrons. The van der Waals surface area contributed by atoms with E-state index < -0.39 is 0 Å². The molecule has 4 rings (SSSR count). The molecular formula is C21H15N3O. The molecule has 0 radical (unpaired) electrons. The predicted octanol–water partition coefficient (Wildman–Crippen LogP) is 4.90. The molecule has 2 aromatic carbocycles. The van der Waals surface area contributed by atoms with Crippen LogP contribution >= 0.6 is 0 Å². The molecule has 0 aliphatic carbocycles. The lowest BCUT2D eigenvalue weighted by Gasteiger charge is -2.11. The summed E-state index contributed by atoms with van der Waals surface area (Å²) in [6.45, 7) is 0. The zero-order valence-electron chi connectivity index (χ0n) is 13.7. The van der Waals surface area contributed by atoms with Gasteiger partial charge in [-0.3, -0.25) is 0 Å². The Morgan fingerprint density at radius 3 is 2.60 bits per heavy atom. The van der Waals surface area contributed by atoms with Crippen LogP contribution in [0.5, 0.6) is 11.5 Å². The minimum Gasteiger partial charge on any atom is -0.457 e. The van der Waals surface area contributed by atoms with Gasteiger partial charge in [0.25, 0.3) is 0 Å². The Labute approximate surface area is 145 Å². The van der Waals surface area contributed by atoms with Crippen molar-refractivity contribution in [3.8, 4) is 28.7 Å². The fourth-order valence-corrected chi connectivity index (χ4v) is 2.91. The highest BCUT2D eigenvalue weighted by atomic mass is 16.5. The standard InChI is InChI=1S/C21H15N3O/c1-24-14-16(12-22)19-11-15(13-23-21(19)24)18-9-5-6-10-20(18)25-17-7-3-2-4-8-17/h2-11,13-14H,1H3. The molecule has 0 saturated heterocycles. The number of para-hydroxylation sites is 2. The number of ether oxygens (including phenoxy) is 1. The zero-order valence-corrected chi connectivity index (χ0v) is 13.7. The van der Waals surface area contributed by atoms with Crippen molar-refractivity contribution in [1.82, 2.24) is 9.55 Å². The highest BCUT2D eigenvalue weighted by Crippen LogP contribution is 2.34. The van der Waals surface area contributed by atoms with Crippen LogP contribution in [0.4, 0.5) is 0 Å². The summed E-state index contributed by atoms with van der Waals surface area (Å²) in [7, 11) is 1.89. The molecule has 0 atom stereocenters. The maximum absolute atomic E-state index is 9.34. The van der Waals surface area contributed by atoms with Crippen LogP contribution < -0.4 is 4.74 Å². The second-order valence-corrected chi connectivity index (χ2v) is 5.77. The third-order valence-corrected chi connectivity index (χ3v) is 4.10. The van der Waals surface area contributed by atoms with Gasteiger partial charge >= 0.3 is 0 Å². The first-order valence-electron chi connectivity index (χ1n) is 7.94. The number of nitriles is 1. The van der Waals surface area contributed by atoms with Crippen molar-refractivity contribution >= 4 is 11.0 Å². The van der Waals surface area contributed by atoms with E-state index in [0.717, 1.165) is 33.7 Å². The lowest BCUT2D eigenvalue weighted by Crippen LogP contribution is -1.91. The van der Waals surface area contributed by atoms with Gasteiger partial charge in [0.2, 0.25) is 0 Å². The maximum Gasteiger partial charge on any atom is 0.140 e. The van der Waals surface area contributed by atoms with Crippen LogP contribution in [0.3, 0.4) is 0 Å². The van der Waals surface area contributed by atoms with Gasteiger partial charge in [0.05, 0.1) is 5.56 Å². The number of hydrogen-bond donors (Lipinski definition) is 0. The Kier molecular flexibility index (Phi) is 3.68. The Balaban J connectivity index is 1.83. The fraction of sp³-hybridized carbons (Fsp3) is 0.0476. The number of rotatable bonds is 3. The average molecular weight is 325 g/mol. The summed E-state index contributed by atoms with van der Waals surface area (Å²) in [6, 6.07) is 21.7. The second-order valence-electron chi connectivity index (χ2n) is 5.77. The highest BCUT2D eigenvalue weighted by molar-refractivity contribution is 5.88. The molecular weight excluding hydrogens is 310 g/mol. The van der Waals surface area contributed by atoms with Gasteiger partial charge in [-0.15, -0.1) is 0 Å². The molecule has 0 saturated carbocycles. The molecule has 0 aliphatic rings. The Morgan fingerprint density at radius 1 is 1.04 bits per heavy atom. The Hall–Kier alpha value is -3.58. The largest absolute Gasteiger partial charge is 0.457 e.